The number of hydrogen-bond acceptors (Lipinski definition) is 2. The zero-order valence-corrected chi connectivity index (χ0v) is 8.05. The summed E-state index contributed by atoms with van der Waals surface area (Å²) in [7, 11) is 0. The van der Waals surface area contributed by atoms with Crippen molar-refractivity contribution in [2.24, 2.45) is 5.41 Å². The number of amides is 1. The van der Waals surface area contributed by atoms with Gasteiger partial charge in [-0.3, -0.25) is 9.59 Å². The molecule has 0 aromatic heterocycles. The first kappa shape index (κ1) is 9.23. The average molecular weight is 169 g/mol. The zero-order valence-electron chi connectivity index (χ0n) is 8.05. The van der Waals surface area contributed by atoms with Crippen LogP contribution in [0.15, 0.2) is 0 Å². The summed E-state index contributed by atoms with van der Waals surface area (Å²) >= 11 is 0. The molecule has 1 fully saturated rings. The third-order valence-electron chi connectivity index (χ3n) is 2.42. The smallest absolute Gasteiger partial charge is 0.220 e. The van der Waals surface area contributed by atoms with E-state index in [1.54, 1.807) is 11.8 Å². The van der Waals surface area contributed by atoms with Crippen molar-refractivity contribution in [3.05, 3.63) is 0 Å². The SMILES string of the molecule is CC(=O)[C@H]1N(C(C)=O)CC1(C)C. The van der Waals surface area contributed by atoms with Gasteiger partial charge in [-0.15, -0.1) is 0 Å². The molecule has 0 aliphatic carbocycles. The lowest BCUT2D eigenvalue weighted by atomic mass is 9.73. The molecule has 1 aliphatic heterocycles. The van der Waals surface area contributed by atoms with Crippen LogP contribution in [0.4, 0.5) is 0 Å². The van der Waals surface area contributed by atoms with E-state index < -0.39 is 0 Å². The number of nitrogens with zero attached hydrogens (tertiary/aromatic N) is 1. The van der Waals surface area contributed by atoms with Gasteiger partial charge in [0.2, 0.25) is 5.91 Å². The van der Waals surface area contributed by atoms with Gasteiger partial charge < -0.3 is 4.90 Å². The maximum absolute atomic E-state index is 11.2. The molecule has 0 unspecified atom stereocenters. The summed E-state index contributed by atoms with van der Waals surface area (Å²) in [5.74, 6) is 0.0796. The fourth-order valence-corrected chi connectivity index (χ4v) is 1.99. The second kappa shape index (κ2) is 2.57. The molecule has 1 amide bonds. The highest BCUT2D eigenvalue weighted by Gasteiger charge is 2.49. The highest BCUT2D eigenvalue weighted by molar-refractivity contribution is 5.89. The molecule has 1 heterocycles. The fourth-order valence-electron chi connectivity index (χ4n) is 1.99. The number of Topliss-reactive ketones (excluding diaryl/α,β-unsaturated/α-hetero) is 1. The van der Waals surface area contributed by atoms with Gasteiger partial charge in [0.05, 0.1) is 6.04 Å². The van der Waals surface area contributed by atoms with Gasteiger partial charge in [-0.25, -0.2) is 0 Å². The maximum atomic E-state index is 11.2. The molecule has 68 valence electrons. The molecule has 0 N–H and O–H groups in total. The van der Waals surface area contributed by atoms with Gasteiger partial charge in [-0.1, -0.05) is 13.8 Å². The average Bonchev–Trinajstić information content (AvgIpc) is 1.81. The lowest BCUT2D eigenvalue weighted by molar-refractivity contribution is -0.157. The van der Waals surface area contributed by atoms with Gasteiger partial charge >= 0.3 is 0 Å². The first-order valence-electron chi connectivity index (χ1n) is 4.14. The largest absolute Gasteiger partial charge is 0.332 e. The monoisotopic (exact) mass is 169 g/mol. The Morgan fingerprint density at radius 2 is 1.83 bits per heavy atom. The molecule has 3 nitrogen and oxygen atoms in total. The topological polar surface area (TPSA) is 37.4 Å². The number of carbonyl (C=O) groups is 2. The molecule has 0 spiro atoms. The van der Waals surface area contributed by atoms with Gasteiger partial charge in [0, 0.05) is 18.9 Å². The number of rotatable bonds is 1. The Morgan fingerprint density at radius 1 is 1.33 bits per heavy atom. The van der Waals surface area contributed by atoms with Crippen LogP contribution >= 0.6 is 0 Å². The van der Waals surface area contributed by atoms with E-state index in [2.05, 4.69) is 0 Å². The first-order valence-corrected chi connectivity index (χ1v) is 4.14. The van der Waals surface area contributed by atoms with E-state index in [-0.39, 0.29) is 23.1 Å². The molecular weight excluding hydrogens is 154 g/mol. The predicted molar refractivity (Wildman–Crippen MR) is 45.6 cm³/mol. The van der Waals surface area contributed by atoms with Crippen molar-refractivity contribution < 1.29 is 9.59 Å². The number of carbonyl (C=O) groups excluding carboxylic acids is 2. The first-order chi connectivity index (χ1) is 5.36. The second-order valence-electron chi connectivity index (χ2n) is 4.15. The van der Waals surface area contributed by atoms with Crippen LogP contribution in [0.25, 0.3) is 0 Å². The minimum Gasteiger partial charge on any atom is -0.332 e. The molecule has 0 aromatic rings. The van der Waals surface area contributed by atoms with Crippen molar-refractivity contribution in [2.75, 3.05) is 6.54 Å². The second-order valence-corrected chi connectivity index (χ2v) is 4.15. The van der Waals surface area contributed by atoms with E-state index in [0.29, 0.717) is 6.54 Å². The van der Waals surface area contributed by atoms with E-state index in [1.165, 1.54) is 6.92 Å². The third kappa shape index (κ3) is 1.24. The summed E-state index contributed by atoms with van der Waals surface area (Å²) in [5.41, 5.74) is -0.0303. The lowest BCUT2D eigenvalue weighted by Gasteiger charge is -2.52. The molecular formula is C9H15NO2. The molecule has 3 heteroatoms. The summed E-state index contributed by atoms with van der Waals surface area (Å²) in [6.45, 7) is 7.77. The van der Waals surface area contributed by atoms with Gasteiger partial charge in [-0.05, 0) is 6.92 Å². The van der Waals surface area contributed by atoms with Crippen LogP contribution in [0.1, 0.15) is 27.7 Å². The van der Waals surface area contributed by atoms with Crippen LogP contribution in [0.5, 0.6) is 0 Å². The zero-order chi connectivity index (χ0) is 9.52. The van der Waals surface area contributed by atoms with Crippen molar-refractivity contribution in [2.45, 2.75) is 33.7 Å². The quantitative estimate of drug-likeness (QED) is 0.583. The Bertz CT molecular complexity index is 233. The van der Waals surface area contributed by atoms with Crippen molar-refractivity contribution in [3.63, 3.8) is 0 Å². The molecule has 1 rings (SSSR count). The van der Waals surface area contributed by atoms with E-state index in [1.807, 2.05) is 13.8 Å². The normalized spacial score (nSPS) is 26.3. The maximum Gasteiger partial charge on any atom is 0.220 e. The lowest BCUT2D eigenvalue weighted by Crippen LogP contribution is -2.66. The molecule has 12 heavy (non-hydrogen) atoms. The van der Waals surface area contributed by atoms with E-state index >= 15 is 0 Å². The van der Waals surface area contributed by atoms with E-state index in [9.17, 15) is 9.59 Å². The molecule has 1 atom stereocenters. The minimum absolute atomic E-state index is 0.00507. The van der Waals surface area contributed by atoms with Crippen molar-refractivity contribution in [1.82, 2.24) is 4.90 Å². The van der Waals surface area contributed by atoms with Crippen LogP contribution in [0, 0.1) is 5.41 Å². The summed E-state index contributed by atoms with van der Waals surface area (Å²) in [4.78, 5) is 23.8. The Morgan fingerprint density at radius 3 is 2.00 bits per heavy atom. The minimum atomic E-state index is -0.199. The summed E-state index contributed by atoms with van der Waals surface area (Å²) in [6, 6.07) is -0.199. The van der Waals surface area contributed by atoms with Crippen LogP contribution in [0.2, 0.25) is 0 Å². The summed E-state index contributed by atoms with van der Waals surface area (Å²) in [5, 5.41) is 0. The Kier molecular flexibility index (Phi) is 1.98. The standard InChI is InChI=1S/C9H15NO2/c1-6(11)8-9(3,4)5-10(8)7(2)12/h8H,5H2,1-4H3/t8-/m1/s1. The van der Waals surface area contributed by atoms with Crippen LogP contribution in [0.3, 0.4) is 0 Å². The molecule has 0 aromatic carbocycles. The Hall–Kier alpha value is -0.860. The highest BCUT2D eigenvalue weighted by Crippen LogP contribution is 2.37. The highest BCUT2D eigenvalue weighted by atomic mass is 16.2. The van der Waals surface area contributed by atoms with Gasteiger partial charge in [0.15, 0.2) is 5.78 Å². The van der Waals surface area contributed by atoms with Gasteiger partial charge in [0.25, 0.3) is 0 Å². The van der Waals surface area contributed by atoms with Crippen LogP contribution < -0.4 is 0 Å². The number of likely N-dealkylation sites (tertiary alicyclic amines) is 1. The van der Waals surface area contributed by atoms with Crippen LogP contribution in [-0.4, -0.2) is 29.2 Å². The van der Waals surface area contributed by atoms with Crippen molar-refractivity contribution >= 4 is 11.7 Å². The van der Waals surface area contributed by atoms with Gasteiger partial charge in [0.1, 0.15) is 0 Å². The van der Waals surface area contributed by atoms with Crippen molar-refractivity contribution in [3.8, 4) is 0 Å². The van der Waals surface area contributed by atoms with Crippen LogP contribution in [-0.2, 0) is 9.59 Å². The third-order valence-corrected chi connectivity index (χ3v) is 2.42. The summed E-state index contributed by atoms with van der Waals surface area (Å²) < 4.78 is 0. The van der Waals surface area contributed by atoms with Crippen molar-refractivity contribution in [1.29, 1.82) is 0 Å². The molecule has 0 saturated carbocycles. The Balaban J connectivity index is 2.76. The predicted octanol–water partition coefficient (Wildman–Crippen LogP) is 0.832. The molecule has 1 aliphatic rings. The fraction of sp³-hybridized carbons (Fsp3) is 0.778. The van der Waals surface area contributed by atoms with E-state index in [0.717, 1.165) is 0 Å². The number of hydrogen-bond donors (Lipinski definition) is 0. The molecule has 0 radical (unpaired) electrons. The summed E-state index contributed by atoms with van der Waals surface area (Å²) in [6.07, 6.45) is 0. The Labute approximate surface area is 72.7 Å². The molecule has 1 saturated heterocycles. The van der Waals surface area contributed by atoms with Gasteiger partial charge in [-0.2, -0.15) is 0 Å². The molecule has 0 bridgehead atoms. The number of ketones is 1. The van der Waals surface area contributed by atoms with E-state index in [4.69, 9.17) is 0 Å².